The van der Waals surface area contributed by atoms with Gasteiger partial charge >= 0.3 is 0 Å². The maximum absolute atomic E-state index is 4.51. The first-order chi connectivity index (χ1) is 15.7. The molecular weight excluding hydrogens is 400 g/mol. The van der Waals surface area contributed by atoms with Gasteiger partial charge in [0.05, 0.1) is 0 Å². The summed E-state index contributed by atoms with van der Waals surface area (Å²) in [7, 11) is 4.08. The molecule has 0 radical (unpaired) electrons. The number of benzene rings is 1. The van der Waals surface area contributed by atoms with Gasteiger partial charge in [-0.1, -0.05) is 24.3 Å². The number of nitrogens with one attached hydrogen (secondary N) is 1. The Kier molecular flexibility index (Phi) is 7.90. The lowest BCUT2D eigenvalue weighted by molar-refractivity contribution is 0.269. The van der Waals surface area contributed by atoms with Crippen LogP contribution in [0.3, 0.4) is 0 Å². The molecule has 2 saturated heterocycles. The summed E-state index contributed by atoms with van der Waals surface area (Å²) in [5.41, 5.74) is 2.67. The SMILES string of the molecule is CN=C(NCc1ccc(CN2CCCN(C)CC2)cc1)N1CCN(c2ncccn2)CC1. The molecule has 2 aliphatic heterocycles. The second-order valence-electron chi connectivity index (χ2n) is 8.67. The molecule has 4 rings (SSSR count). The highest BCUT2D eigenvalue weighted by molar-refractivity contribution is 5.80. The van der Waals surface area contributed by atoms with Crippen LogP contribution in [0.4, 0.5) is 5.95 Å². The lowest BCUT2D eigenvalue weighted by atomic mass is 10.1. The number of hydrogen-bond acceptors (Lipinski definition) is 6. The van der Waals surface area contributed by atoms with Gasteiger partial charge in [0.25, 0.3) is 0 Å². The number of piperazine rings is 1. The van der Waals surface area contributed by atoms with Gasteiger partial charge < -0.3 is 20.0 Å². The molecule has 1 aromatic heterocycles. The smallest absolute Gasteiger partial charge is 0.225 e. The van der Waals surface area contributed by atoms with E-state index in [2.05, 4.69) is 71.2 Å². The third kappa shape index (κ3) is 6.17. The number of guanidine groups is 1. The monoisotopic (exact) mass is 436 g/mol. The van der Waals surface area contributed by atoms with E-state index in [0.717, 1.165) is 64.3 Å². The highest BCUT2D eigenvalue weighted by Crippen LogP contribution is 2.12. The molecule has 8 heteroatoms. The lowest BCUT2D eigenvalue weighted by Gasteiger charge is -2.36. The average molecular weight is 437 g/mol. The number of nitrogens with zero attached hydrogens (tertiary/aromatic N) is 7. The van der Waals surface area contributed by atoms with Crippen molar-refractivity contribution in [3.8, 4) is 0 Å². The third-order valence-corrected chi connectivity index (χ3v) is 6.32. The second kappa shape index (κ2) is 11.2. The Bertz CT molecular complexity index is 846. The maximum Gasteiger partial charge on any atom is 0.225 e. The van der Waals surface area contributed by atoms with Crippen molar-refractivity contribution in [3.63, 3.8) is 0 Å². The molecule has 172 valence electrons. The summed E-state index contributed by atoms with van der Waals surface area (Å²) in [5.74, 6) is 1.76. The summed E-state index contributed by atoms with van der Waals surface area (Å²) >= 11 is 0. The topological polar surface area (TPSA) is 63.1 Å². The lowest BCUT2D eigenvalue weighted by Crippen LogP contribution is -2.52. The molecule has 2 aliphatic rings. The standard InChI is InChI=1S/C24H36N8/c1-25-23(31-15-17-32(18-16-31)24-26-9-3-10-27-24)28-19-21-5-7-22(8-6-21)20-30-12-4-11-29(2)13-14-30/h3,5-10H,4,11-20H2,1-2H3,(H,25,28). The quantitative estimate of drug-likeness (QED) is 0.563. The largest absolute Gasteiger partial charge is 0.352 e. The number of likely N-dealkylation sites (N-methyl/N-ethyl adjacent to an activating group) is 1. The Balaban J connectivity index is 1.24. The molecule has 0 unspecified atom stereocenters. The zero-order valence-electron chi connectivity index (χ0n) is 19.5. The van der Waals surface area contributed by atoms with Crippen molar-refractivity contribution in [1.29, 1.82) is 0 Å². The van der Waals surface area contributed by atoms with E-state index in [9.17, 15) is 0 Å². The van der Waals surface area contributed by atoms with Gasteiger partial charge in [-0.3, -0.25) is 9.89 Å². The Labute approximate surface area is 192 Å². The van der Waals surface area contributed by atoms with Crippen molar-refractivity contribution in [2.45, 2.75) is 19.5 Å². The predicted molar refractivity (Wildman–Crippen MR) is 130 cm³/mol. The van der Waals surface area contributed by atoms with Gasteiger partial charge in [-0.25, -0.2) is 9.97 Å². The van der Waals surface area contributed by atoms with Crippen LogP contribution in [0.1, 0.15) is 17.5 Å². The molecule has 0 amide bonds. The van der Waals surface area contributed by atoms with Crippen molar-refractivity contribution in [3.05, 3.63) is 53.9 Å². The van der Waals surface area contributed by atoms with Gasteiger partial charge in [-0.05, 0) is 43.8 Å². The van der Waals surface area contributed by atoms with Crippen molar-refractivity contribution >= 4 is 11.9 Å². The molecule has 0 aliphatic carbocycles. The molecule has 32 heavy (non-hydrogen) atoms. The Hall–Kier alpha value is -2.71. The molecule has 8 nitrogen and oxygen atoms in total. The molecule has 0 bridgehead atoms. The molecule has 2 fully saturated rings. The van der Waals surface area contributed by atoms with Crippen molar-refractivity contribution in [1.82, 2.24) is 30.0 Å². The van der Waals surface area contributed by atoms with Gasteiger partial charge in [0.2, 0.25) is 5.95 Å². The van der Waals surface area contributed by atoms with E-state index in [4.69, 9.17) is 0 Å². The number of aliphatic imine (C=N–C) groups is 1. The highest BCUT2D eigenvalue weighted by atomic mass is 15.4. The van der Waals surface area contributed by atoms with Crippen LogP contribution in [0.5, 0.6) is 0 Å². The van der Waals surface area contributed by atoms with E-state index in [1.54, 1.807) is 12.4 Å². The fourth-order valence-electron chi connectivity index (χ4n) is 4.36. The number of rotatable bonds is 5. The minimum atomic E-state index is 0.781. The molecule has 0 spiro atoms. The van der Waals surface area contributed by atoms with Crippen LogP contribution in [0.25, 0.3) is 0 Å². The fourth-order valence-corrected chi connectivity index (χ4v) is 4.36. The van der Waals surface area contributed by atoms with E-state index >= 15 is 0 Å². The fraction of sp³-hybridized carbons (Fsp3) is 0.542. The molecule has 0 atom stereocenters. The van der Waals surface area contributed by atoms with Crippen LogP contribution in [-0.4, -0.2) is 97.1 Å². The van der Waals surface area contributed by atoms with Crippen LogP contribution in [0.15, 0.2) is 47.7 Å². The van der Waals surface area contributed by atoms with Gasteiger partial charge in [0.15, 0.2) is 5.96 Å². The van der Waals surface area contributed by atoms with Gasteiger partial charge in [0, 0.05) is 71.8 Å². The first kappa shape index (κ1) is 22.5. The molecule has 1 N–H and O–H groups in total. The van der Waals surface area contributed by atoms with E-state index in [-0.39, 0.29) is 0 Å². The summed E-state index contributed by atoms with van der Waals surface area (Å²) in [6, 6.07) is 10.9. The second-order valence-corrected chi connectivity index (χ2v) is 8.67. The third-order valence-electron chi connectivity index (χ3n) is 6.32. The van der Waals surface area contributed by atoms with Gasteiger partial charge in [-0.2, -0.15) is 0 Å². The van der Waals surface area contributed by atoms with E-state index in [1.165, 1.54) is 30.6 Å². The summed E-state index contributed by atoms with van der Waals surface area (Å²) in [6.45, 7) is 10.1. The molecule has 3 heterocycles. The van der Waals surface area contributed by atoms with E-state index in [0.29, 0.717) is 0 Å². The zero-order valence-corrected chi connectivity index (χ0v) is 19.5. The van der Waals surface area contributed by atoms with Crippen LogP contribution >= 0.6 is 0 Å². The average Bonchev–Trinajstić information content (AvgIpc) is 3.05. The first-order valence-corrected chi connectivity index (χ1v) is 11.7. The van der Waals surface area contributed by atoms with Crippen molar-refractivity contribution in [2.24, 2.45) is 4.99 Å². The predicted octanol–water partition coefficient (Wildman–Crippen LogP) is 1.51. The molecular formula is C24H36N8. The Morgan fingerprint density at radius 1 is 0.906 bits per heavy atom. The normalized spacial score (nSPS) is 19.1. The van der Waals surface area contributed by atoms with E-state index < -0.39 is 0 Å². The van der Waals surface area contributed by atoms with E-state index in [1.807, 2.05) is 13.1 Å². The summed E-state index contributed by atoms with van der Waals surface area (Å²) < 4.78 is 0. The summed E-state index contributed by atoms with van der Waals surface area (Å²) in [5, 5.41) is 3.53. The van der Waals surface area contributed by atoms with Crippen LogP contribution in [0.2, 0.25) is 0 Å². The Morgan fingerprint density at radius 2 is 1.62 bits per heavy atom. The van der Waals surface area contributed by atoms with Crippen LogP contribution in [-0.2, 0) is 13.1 Å². The van der Waals surface area contributed by atoms with Crippen molar-refractivity contribution in [2.75, 3.05) is 71.4 Å². The number of hydrogen-bond donors (Lipinski definition) is 1. The molecule has 0 saturated carbocycles. The highest BCUT2D eigenvalue weighted by Gasteiger charge is 2.21. The maximum atomic E-state index is 4.51. The minimum absolute atomic E-state index is 0.781. The molecule has 2 aromatic rings. The first-order valence-electron chi connectivity index (χ1n) is 11.7. The zero-order chi connectivity index (χ0) is 22.2. The van der Waals surface area contributed by atoms with Gasteiger partial charge in [-0.15, -0.1) is 0 Å². The summed E-state index contributed by atoms with van der Waals surface area (Å²) in [4.78, 5) is 22.8. The minimum Gasteiger partial charge on any atom is -0.352 e. The summed E-state index contributed by atoms with van der Waals surface area (Å²) in [6.07, 6.45) is 4.85. The Morgan fingerprint density at radius 3 is 2.34 bits per heavy atom. The van der Waals surface area contributed by atoms with Crippen LogP contribution < -0.4 is 10.2 Å². The molecule has 1 aromatic carbocycles. The van der Waals surface area contributed by atoms with Crippen molar-refractivity contribution < 1.29 is 0 Å². The van der Waals surface area contributed by atoms with Crippen LogP contribution in [0, 0.1) is 0 Å². The number of aromatic nitrogens is 2. The van der Waals surface area contributed by atoms with Gasteiger partial charge in [0.1, 0.15) is 0 Å². The number of anilines is 1.